The van der Waals surface area contributed by atoms with E-state index in [1.54, 1.807) is 13.2 Å². The normalized spacial score (nSPS) is 21.4. The molecule has 1 aromatic rings. The summed E-state index contributed by atoms with van der Waals surface area (Å²) < 4.78 is 15.3. The molecule has 0 aliphatic carbocycles. The highest BCUT2D eigenvalue weighted by molar-refractivity contribution is 4.99. The van der Waals surface area contributed by atoms with Gasteiger partial charge in [0.1, 0.15) is 11.3 Å². The summed E-state index contributed by atoms with van der Waals surface area (Å²) in [5.41, 5.74) is 0.689. The minimum absolute atomic E-state index is 0.237. The van der Waals surface area contributed by atoms with Gasteiger partial charge in [-0.05, 0) is 19.9 Å². The summed E-state index contributed by atoms with van der Waals surface area (Å²) in [7, 11) is 1.70. The Morgan fingerprint density at radius 1 is 1.26 bits per heavy atom. The molecule has 1 N–H and O–H groups in total. The quantitative estimate of drug-likeness (QED) is 0.886. The number of piperazine rings is 1. The third-order valence-corrected chi connectivity index (χ3v) is 4.02. The number of rotatable bonds is 3. The van der Waals surface area contributed by atoms with E-state index in [1.807, 2.05) is 0 Å². The van der Waals surface area contributed by atoms with Crippen LogP contribution in [0, 0.1) is 5.82 Å². The summed E-state index contributed by atoms with van der Waals surface area (Å²) in [5, 5.41) is 3.36. The van der Waals surface area contributed by atoms with Crippen LogP contribution in [0.1, 0.15) is 19.9 Å². The van der Waals surface area contributed by atoms with Crippen LogP contribution in [0.3, 0.4) is 0 Å². The minimum Gasteiger partial charge on any atom is -0.329 e. The highest BCUT2D eigenvalue weighted by atomic mass is 19.1. The average molecular weight is 266 g/mol. The first-order valence-electron chi connectivity index (χ1n) is 6.88. The van der Waals surface area contributed by atoms with Crippen LogP contribution in [0.25, 0.3) is 0 Å². The average Bonchev–Trinajstić information content (AvgIpc) is 2.46. The second kappa shape index (κ2) is 6.30. The van der Waals surface area contributed by atoms with Crippen LogP contribution in [-0.4, -0.2) is 48.7 Å². The number of nitrogens with one attached hydrogen (secondary N) is 1. The number of hydrogen-bond acceptors (Lipinski definition) is 3. The molecule has 0 amide bonds. The summed E-state index contributed by atoms with van der Waals surface area (Å²) in [4.78, 5) is 6.64. The Balaban J connectivity index is 2.21. The summed E-state index contributed by atoms with van der Waals surface area (Å²) in [6.45, 7) is 8.59. The fourth-order valence-electron chi connectivity index (χ4n) is 2.63. The van der Waals surface area contributed by atoms with Gasteiger partial charge in [0.05, 0.1) is 0 Å². The number of pyridine rings is 1. The Morgan fingerprint density at radius 3 is 2.58 bits per heavy atom. The van der Waals surface area contributed by atoms with Crippen LogP contribution < -0.4 is 10.8 Å². The predicted octanol–water partition coefficient (Wildman–Crippen LogP) is 1.01. The Morgan fingerprint density at radius 2 is 1.95 bits per heavy atom. The lowest BCUT2D eigenvalue weighted by Crippen LogP contribution is -2.50. The first-order chi connectivity index (χ1) is 9.13. The highest BCUT2D eigenvalue weighted by Gasteiger charge is 2.22. The lowest BCUT2D eigenvalue weighted by Gasteiger charge is -2.37. The smallest absolute Gasteiger partial charge is 0.130 e. The molecular formula is C14H23FN4. The third kappa shape index (κ3) is 3.22. The molecule has 2 heterocycles. The van der Waals surface area contributed by atoms with E-state index >= 15 is 0 Å². The first kappa shape index (κ1) is 14.2. The van der Waals surface area contributed by atoms with E-state index in [0.29, 0.717) is 11.5 Å². The van der Waals surface area contributed by atoms with E-state index in [4.69, 9.17) is 0 Å². The molecule has 1 fully saturated rings. The molecule has 0 aromatic carbocycles. The zero-order valence-electron chi connectivity index (χ0n) is 11.9. The molecule has 0 spiro atoms. The van der Waals surface area contributed by atoms with Gasteiger partial charge in [-0.2, -0.15) is 0 Å². The van der Waals surface area contributed by atoms with Crippen molar-refractivity contribution < 1.29 is 4.39 Å². The standard InChI is InChI=1S/C14H23FN4/c1-11(18-8-5-17-6-9-18)12(2)19-7-4-13(15)10-14(19)16-3/h4,7,10-12,17H,5-6,8-9H2,1-3H3/b16-14-/t11?,12-/m1/s1. The van der Waals surface area contributed by atoms with Gasteiger partial charge in [0.2, 0.25) is 0 Å². The Labute approximate surface area is 114 Å². The van der Waals surface area contributed by atoms with Gasteiger partial charge in [-0.3, -0.25) is 9.89 Å². The molecule has 1 unspecified atom stereocenters. The second-order valence-corrected chi connectivity index (χ2v) is 5.10. The lowest BCUT2D eigenvalue weighted by atomic mass is 10.1. The molecule has 2 rings (SSSR count). The fraction of sp³-hybridized carbons (Fsp3) is 0.643. The van der Waals surface area contributed by atoms with Crippen molar-refractivity contribution in [3.8, 4) is 0 Å². The van der Waals surface area contributed by atoms with Gasteiger partial charge >= 0.3 is 0 Å². The maximum absolute atomic E-state index is 13.3. The lowest BCUT2D eigenvalue weighted by molar-refractivity contribution is 0.143. The predicted molar refractivity (Wildman–Crippen MR) is 74.5 cm³/mol. The van der Waals surface area contributed by atoms with Crippen molar-refractivity contribution in [3.63, 3.8) is 0 Å². The summed E-state index contributed by atoms with van der Waals surface area (Å²) in [6, 6.07) is 3.65. The van der Waals surface area contributed by atoms with E-state index in [1.165, 1.54) is 12.1 Å². The summed E-state index contributed by atoms with van der Waals surface area (Å²) in [5.74, 6) is -0.237. The van der Waals surface area contributed by atoms with Crippen LogP contribution in [0.4, 0.5) is 4.39 Å². The van der Waals surface area contributed by atoms with Crippen LogP contribution >= 0.6 is 0 Å². The van der Waals surface area contributed by atoms with Gasteiger partial charge in [0.25, 0.3) is 0 Å². The molecule has 1 aliphatic heterocycles. The molecule has 0 bridgehead atoms. The van der Waals surface area contributed by atoms with Crippen LogP contribution in [-0.2, 0) is 0 Å². The van der Waals surface area contributed by atoms with Gasteiger partial charge in [0, 0.05) is 57.6 Å². The van der Waals surface area contributed by atoms with Crippen molar-refractivity contribution in [3.05, 3.63) is 29.6 Å². The van der Waals surface area contributed by atoms with Crippen LogP contribution in [0.5, 0.6) is 0 Å². The fourth-order valence-corrected chi connectivity index (χ4v) is 2.63. The Kier molecular flexibility index (Phi) is 4.71. The van der Waals surface area contributed by atoms with Gasteiger partial charge in [0.15, 0.2) is 0 Å². The molecule has 2 atom stereocenters. The van der Waals surface area contributed by atoms with Gasteiger partial charge in [-0.1, -0.05) is 0 Å². The maximum atomic E-state index is 13.3. The maximum Gasteiger partial charge on any atom is 0.130 e. The van der Waals surface area contributed by atoms with E-state index in [9.17, 15) is 4.39 Å². The molecule has 4 nitrogen and oxygen atoms in total. The first-order valence-corrected chi connectivity index (χ1v) is 6.88. The van der Waals surface area contributed by atoms with Crippen LogP contribution in [0.2, 0.25) is 0 Å². The zero-order chi connectivity index (χ0) is 13.8. The Hall–Kier alpha value is -1.20. The molecule has 106 valence electrons. The topological polar surface area (TPSA) is 32.6 Å². The van der Waals surface area contributed by atoms with E-state index in [2.05, 4.69) is 33.6 Å². The van der Waals surface area contributed by atoms with E-state index in [-0.39, 0.29) is 11.9 Å². The van der Waals surface area contributed by atoms with Gasteiger partial charge in [-0.25, -0.2) is 4.39 Å². The largest absolute Gasteiger partial charge is 0.329 e. The van der Waals surface area contributed by atoms with Crippen molar-refractivity contribution in [2.75, 3.05) is 33.2 Å². The molecular weight excluding hydrogens is 243 g/mol. The Bertz CT molecular complexity index is 477. The van der Waals surface area contributed by atoms with Crippen molar-refractivity contribution in [2.24, 2.45) is 4.99 Å². The molecule has 0 saturated carbocycles. The third-order valence-electron chi connectivity index (χ3n) is 4.02. The van der Waals surface area contributed by atoms with Crippen molar-refractivity contribution in [1.29, 1.82) is 0 Å². The van der Waals surface area contributed by atoms with E-state index < -0.39 is 0 Å². The number of nitrogens with zero attached hydrogens (tertiary/aromatic N) is 3. The van der Waals surface area contributed by atoms with Gasteiger partial charge < -0.3 is 9.88 Å². The molecule has 0 radical (unpaired) electrons. The van der Waals surface area contributed by atoms with Crippen molar-refractivity contribution >= 4 is 0 Å². The summed E-state index contributed by atoms with van der Waals surface area (Å²) in [6.07, 6.45) is 1.79. The molecule has 1 aromatic heterocycles. The zero-order valence-corrected chi connectivity index (χ0v) is 11.9. The summed E-state index contributed by atoms with van der Waals surface area (Å²) >= 11 is 0. The molecule has 5 heteroatoms. The van der Waals surface area contributed by atoms with Gasteiger partial charge in [-0.15, -0.1) is 0 Å². The highest BCUT2D eigenvalue weighted by Crippen LogP contribution is 2.15. The number of hydrogen-bond donors (Lipinski definition) is 1. The molecule has 1 aliphatic rings. The van der Waals surface area contributed by atoms with Crippen molar-refractivity contribution in [1.82, 2.24) is 14.8 Å². The van der Waals surface area contributed by atoms with E-state index in [0.717, 1.165) is 26.2 Å². The number of aromatic nitrogens is 1. The second-order valence-electron chi connectivity index (χ2n) is 5.10. The minimum atomic E-state index is -0.237. The monoisotopic (exact) mass is 266 g/mol. The molecule has 19 heavy (non-hydrogen) atoms. The van der Waals surface area contributed by atoms with Crippen LogP contribution in [0.15, 0.2) is 23.3 Å². The SMILES string of the molecule is C/N=c1/cc(F)ccn1[C@H](C)C(C)N1CCNCC1. The molecule has 1 saturated heterocycles. The van der Waals surface area contributed by atoms with Crippen molar-refractivity contribution in [2.45, 2.75) is 25.9 Å². The number of halogens is 1.